The fourth-order valence-corrected chi connectivity index (χ4v) is 3.15. The van der Waals surface area contributed by atoms with E-state index in [1.807, 2.05) is 6.07 Å². The van der Waals surface area contributed by atoms with Crippen molar-refractivity contribution in [3.63, 3.8) is 0 Å². The summed E-state index contributed by atoms with van der Waals surface area (Å²) in [5.41, 5.74) is 0.723. The largest absolute Gasteiger partial charge is 0.481 e. The van der Waals surface area contributed by atoms with Crippen molar-refractivity contribution < 1.29 is 22.5 Å². The lowest BCUT2D eigenvalue weighted by molar-refractivity contribution is -0.137. The number of unbranched alkanes of at least 4 members (excludes halogenated alkanes) is 5. The molecule has 124 valence electrons. The Morgan fingerprint density at radius 1 is 0.955 bits per heavy atom. The molecule has 0 unspecified atom stereocenters. The van der Waals surface area contributed by atoms with Crippen LogP contribution in [0.3, 0.4) is 0 Å². The van der Waals surface area contributed by atoms with E-state index < -0.39 is 16.1 Å². The maximum atomic E-state index is 11.8. The minimum atomic E-state index is -3.51. The van der Waals surface area contributed by atoms with Gasteiger partial charge in [-0.15, -0.1) is 0 Å². The van der Waals surface area contributed by atoms with Crippen LogP contribution >= 0.6 is 0 Å². The van der Waals surface area contributed by atoms with Gasteiger partial charge in [0, 0.05) is 6.42 Å². The summed E-state index contributed by atoms with van der Waals surface area (Å²) in [5.74, 6) is -0.847. The zero-order valence-corrected chi connectivity index (χ0v) is 13.6. The molecule has 0 aliphatic rings. The first-order valence-electron chi connectivity index (χ1n) is 7.62. The number of carboxylic acids is 1. The van der Waals surface area contributed by atoms with Gasteiger partial charge in [-0.3, -0.25) is 8.98 Å². The van der Waals surface area contributed by atoms with E-state index >= 15 is 0 Å². The molecule has 0 aliphatic heterocycles. The number of carbonyl (C=O) groups is 1. The summed E-state index contributed by atoms with van der Waals surface area (Å²) in [6.07, 6.45) is 5.38. The summed E-state index contributed by atoms with van der Waals surface area (Å²) in [4.78, 5) is 10.3. The molecule has 0 aromatic heterocycles. The molecule has 1 aromatic carbocycles. The van der Waals surface area contributed by atoms with Crippen molar-refractivity contribution in [1.82, 2.24) is 0 Å². The molecular weight excluding hydrogens is 304 g/mol. The van der Waals surface area contributed by atoms with E-state index in [-0.39, 0.29) is 18.8 Å². The summed E-state index contributed by atoms with van der Waals surface area (Å²) in [6.45, 7) is 0.213. The van der Waals surface area contributed by atoms with Crippen molar-refractivity contribution in [2.24, 2.45) is 0 Å². The van der Waals surface area contributed by atoms with Crippen molar-refractivity contribution in [3.05, 3.63) is 35.9 Å². The van der Waals surface area contributed by atoms with E-state index in [2.05, 4.69) is 0 Å². The van der Waals surface area contributed by atoms with E-state index in [1.165, 1.54) is 0 Å². The Morgan fingerprint density at radius 2 is 1.55 bits per heavy atom. The highest BCUT2D eigenvalue weighted by atomic mass is 32.2. The molecule has 5 nitrogen and oxygen atoms in total. The van der Waals surface area contributed by atoms with Crippen LogP contribution in [0.25, 0.3) is 0 Å². The van der Waals surface area contributed by atoms with Crippen LogP contribution in [-0.2, 0) is 24.8 Å². The van der Waals surface area contributed by atoms with Crippen LogP contribution in [0.4, 0.5) is 0 Å². The number of hydrogen-bond donors (Lipinski definition) is 1. The third kappa shape index (κ3) is 9.52. The second-order valence-corrected chi connectivity index (χ2v) is 6.91. The maximum Gasteiger partial charge on any atom is 0.303 e. The highest BCUT2D eigenvalue weighted by Crippen LogP contribution is 2.10. The summed E-state index contributed by atoms with van der Waals surface area (Å²) >= 11 is 0. The molecule has 1 aromatic rings. The average Bonchev–Trinajstić information content (AvgIpc) is 2.45. The smallest absolute Gasteiger partial charge is 0.303 e. The van der Waals surface area contributed by atoms with Gasteiger partial charge in [-0.1, -0.05) is 56.0 Å². The van der Waals surface area contributed by atoms with E-state index in [0.717, 1.165) is 31.2 Å². The summed E-state index contributed by atoms with van der Waals surface area (Å²) in [7, 11) is -3.51. The molecule has 0 heterocycles. The quantitative estimate of drug-likeness (QED) is 0.470. The number of rotatable bonds is 12. The molecule has 0 aliphatic carbocycles. The predicted octanol–water partition coefficient (Wildman–Crippen LogP) is 3.35. The first kappa shape index (κ1) is 18.6. The van der Waals surface area contributed by atoms with Gasteiger partial charge >= 0.3 is 5.97 Å². The third-order valence-electron chi connectivity index (χ3n) is 3.23. The summed E-state index contributed by atoms with van der Waals surface area (Å²) in [5, 5.41) is 8.49. The number of benzene rings is 1. The van der Waals surface area contributed by atoms with Crippen molar-refractivity contribution in [2.45, 2.75) is 50.7 Å². The van der Waals surface area contributed by atoms with Gasteiger partial charge in [0.1, 0.15) is 5.75 Å². The standard InChI is InChI=1S/C16H24O5S/c17-16(18)12-8-3-1-2-4-9-13-21-22(19,20)14-15-10-6-5-7-11-15/h5-7,10-11H,1-4,8-9,12-14H2,(H,17,18). The monoisotopic (exact) mass is 328 g/mol. The van der Waals surface area contributed by atoms with Crippen molar-refractivity contribution >= 4 is 16.1 Å². The number of carboxylic acid groups (broad SMARTS) is 1. The van der Waals surface area contributed by atoms with Gasteiger partial charge in [0.15, 0.2) is 0 Å². The summed E-state index contributed by atoms with van der Waals surface area (Å²) < 4.78 is 28.5. The molecular formula is C16H24O5S. The average molecular weight is 328 g/mol. The van der Waals surface area contributed by atoms with Crippen LogP contribution < -0.4 is 0 Å². The minimum absolute atomic E-state index is 0.0942. The predicted molar refractivity (Wildman–Crippen MR) is 85.0 cm³/mol. The van der Waals surface area contributed by atoms with Gasteiger partial charge in [0.25, 0.3) is 10.1 Å². The SMILES string of the molecule is O=C(O)CCCCCCCCOS(=O)(=O)Cc1ccccc1. The highest BCUT2D eigenvalue weighted by Gasteiger charge is 2.11. The normalized spacial score (nSPS) is 11.5. The number of aliphatic carboxylic acids is 1. The van der Waals surface area contributed by atoms with Crippen LogP contribution in [0.2, 0.25) is 0 Å². The van der Waals surface area contributed by atoms with Crippen LogP contribution in [0.1, 0.15) is 50.5 Å². The third-order valence-corrected chi connectivity index (χ3v) is 4.45. The molecule has 22 heavy (non-hydrogen) atoms. The zero-order valence-electron chi connectivity index (χ0n) is 12.7. The van der Waals surface area contributed by atoms with Gasteiger partial charge in [-0.2, -0.15) is 8.42 Å². The second kappa shape index (κ2) is 10.3. The lowest BCUT2D eigenvalue weighted by Gasteiger charge is -2.06. The maximum absolute atomic E-state index is 11.8. The fraction of sp³-hybridized carbons (Fsp3) is 0.562. The molecule has 0 bridgehead atoms. The van der Waals surface area contributed by atoms with E-state index in [1.54, 1.807) is 24.3 Å². The summed E-state index contributed by atoms with van der Waals surface area (Å²) in [6, 6.07) is 8.97. The Morgan fingerprint density at radius 3 is 2.18 bits per heavy atom. The molecule has 1 N–H and O–H groups in total. The Bertz CT molecular complexity index is 525. The van der Waals surface area contributed by atoms with Gasteiger partial charge in [-0.05, 0) is 18.4 Å². The lowest BCUT2D eigenvalue weighted by Crippen LogP contribution is -2.09. The zero-order chi connectivity index (χ0) is 16.3. The fourth-order valence-electron chi connectivity index (χ4n) is 2.09. The van der Waals surface area contributed by atoms with Gasteiger partial charge < -0.3 is 5.11 Å². The minimum Gasteiger partial charge on any atom is -0.481 e. The first-order valence-corrected chi connectivity index (χ1v) is 9.20. The Balaban J connectivity index is 2.05. The van der Waals surface area contributed by atoms with E-state index in [9.17, 15) is 13.2 Å². The molecule has 0 amide bonds. The molecule has 0 saturated carbocycles. The van der Waals surface area contributed by atoms with Gasteiger partial charge in [0.05, 0.1) is 6.61 Å². The van der Waals surface area contributed by atoms with Crippen LogP contribution in [-0.4, -0.2) is 26.1 Å². The molecule has 0 radical (unpaired) electrons. The Hall–Kier alpha value is -1.40. The van der Waals surface area contributed by atoms with Gasteiger partial charge in [0.2, 0.25) is 0 Å². The Labute approximate surface area is 132 Å². The van der Waals surface area contributed by atoms with Crippen LogP contribution in [0.15, 0.2) is 30.3 Å². The van der Waals surface area contributed by atoms with Crippen molar-refractivity contribution in [1.29, 1.82) is 0 Å². The van der Waals surface area contributed by atoms with E-state index in [0.29, 0.717) is 12.8 Å². The second-order valence-electron chi connectivity index (χ2n) is 5.27. The number of hydrogen-bond acceptors (Lipinski definition) is 4. The van der Waals surface area contributed by atoms with Crippen LogP contribution in [0.5, 0.6) is 0 Å². The molecule has 0 atom stereocenters. The van der Waals surface area contributed by atoms with Crippen molar-refractivity contribution in [3.8, 4) is 0 Å². The molecule has 0 spiro atoms. The lowest BCUT2D eigenvalue weighted by atomic mass is 10.1. The van der Waals surface area contributed by atoms with E-state index in [4.69, 9.17) is 9.29 Å². The molecule has 6 heteroatoms. The molecule has 1 rings (SSSR count). The highest BCUT2D eigenvalue weighted by molar-refractivity contribution is 7.85. The molecule has 0 saturated heterocycles. The molecule has 0 fully saturated rings. The van der Waals surface area contributed by atoms with Crippen molar-refractivity contribution in [2.75, 3.05) is 6.61 Å². The first-order chi connectivity index (χ1) is 10.5. The van der Waals surface area contributed by atoms with Crippen LogP contribution in [0, 0.1) is 0 Å². The Kier molecular flexibility index (Phi) is 8.77. The topological polar surface area (TPSA) is 80.7 Å². The van der Waals surface area contributed by atoms with Gasteiger partial charge in [-0.25, -0.2) is 0 Å².